The van der Waals surface area contributed by atoms with Gasteiger partial charge in [-0.25, -0.2) is 0 Å². The van der Waals surface area contributed by atoms with Crippen LogP contribution in [0.5, 0.6) is 5.75 Å². The number of nitrogens with zero attached hydrogens (tertiary/aromatic N) is 1. The predicted molar refractivity (Wildman–Crippen MR) is 76.3 cm³/mol. The summed E-state index contributed by atoms with van der Waals surface area (Å²) in [6, 6.07) is 5.89. The summed E-state index contributed by atoms with van der Waals surface area (Å²) in [6.45, 7) is 1.64. The van der Waals surface area contributed by atoms with Gasteiger partial charge in [0.25, 0.3) is 0 Å². The van der Waals surface area contributed by atoms with Crippen LogP contribution in [0.2, 0.25) is 0 Å². The highest BCUT2D eigenvalue weighted by Crippen LogP contribution is 2.26. The number of fused-ring (bicyclic) bond motifs is 1. The Balaban J connectivity index is 1.64. The van der Waals surface area contributed by atoms with Crippen molar-refractivity contribution in [3.8, 4) is 5.75 Å². The average Bonchev–Trinajstić information content (AvgIpc) is 2.97. The zero-order chi connectivity index (χ0) is 14.8. The molecule has 112 valence electrons. The molecule has 3 rings (SSSR count). The number of benzene rings is 1. The average molecular weight is 289 g/mol. The second kappa shape index (κ2) is 5.76. The van der Waals surface area contributed by atoms with E-state index in [1.54, 1.807) is 4.90 Å². The van der Waals surface area contributed by atoms with Crippen LogP contribution in [-0.2, 0) is 22.4 Å². The minimum absolute atomic E-state index is 0.00966. The van der Waals surface area contributed by atoms with E-state index in [1.807, 2.05) is 18.2 Å². The fourth-order valence-electron chi connectivity index (χ4n) is 3.00. The van der Waals surface area contributed by atoms with Crippen LogP contribution in [0, 0.1) is 5.92 Å². The van der Waals surface area contributed by atoms with E-state index in [2.05, 4.69) is 0 Å². The van der Waals surface area contributed by atoms with Gasteiger partial charge in [0.05, 0.1) is 18.9 Å². The first-order chi connectivity index (χ1) is 10.1. The summed E-state index contributed by atoms with van der Waals surface area (Å²) in [5, 5.41) is 8.98. The molecule has 0 spiro atoms. The zero-order valence-corrected chi connectivity index (χ0v) is 11.9. The van der Waals surface area contributed by atoms with Crippen LogP contribution in [0.1, 0.15) is 24.0 Å². The molecule has 2 aliphatic heterocycles. The van der Waals surface area contributed by atoms with Crippen molar-refractivity contribution in [2.24, 2.45) is 5.92 Å². The standard InChI is InChI=1S/C16H19NO4/c18-15(17-6-5-13(10-17)16(19)20)9-11-3-4-14-12(8-11)2-1-7-21-14/h3-4,8,13H,1-2,5-7,9-10H2,(H,19,20)/t13-/m1/s1. The van der Waals surface area contributed by atoms with Gasteiger partial charge in [-0.15, -0.1) is 0 Å². The van der Waals surface area contributed by atoms with Crippen LogP contribution in [0.4, 0.5) is 0 Å². The smallest absolute Gasteiger partial charge is 0.308 e. The Bertz CT molecular complexity index is 569. The number of aryl methyl sites for hydroxylation is 1. The third-order valence-electron chi connectivity index (χ3n) is 4.22. The second-order valence-electron chi connectivity index (χ2n) is 5.73. The van der Waals surface area contributed by atoms with Crippen molar-refractivity contribution in [2.45, 2.75) is 25.7 Å². The fourth-order valence-corrected chi connectivity index (χ4v) is 3.00. The Kier molecular flexibility index (Phi) is 3.82. The van der Waals surface area contributed by atoms with Crippen LogP contribution in [0.3, 0.4) is 0 Å². The van der Waals surface area contributed by atoms with Gasteiger partial charge >= 0.3 is 5.97 Å². The number of rotatable bonds is 3. The van der Waals surface area contributed by atoms with Crippen LogP contribution in [0.25, 0.3) is 0 Å². The summed E-state index contributed by atoms with van der Waals surface area (Å²) >= 11 is 0. The molecule has 1 saturated heterocycles. The third-order valence-corrected chi connectivity index (χ3v) is 4.22. The lowest BCUT2D eigenvalue weighted by Crippen LogP contribution is -2.31. The summed E-state index contributed by atoms with van der Waals surface area (Å²) in [7, 11) is 0. The molecule has 5 heteroatoms. The molecule has 5 nitrogen and oxygen atoms in total. The number of ether oxygens (including phenoxy) is 1. The van der Waals surface area contributed by atoms with E-state index in [9.17, 15) is 9.59 Å². The number of hydrogen-bond acceptors (Lipinski definition) is 3. The van der Waals surface area contributed by atoms with Crippen molar-refractivity contribution >= 4 is 11.9 Å². The van der Waals surface area contributed by atoms with Crippen molar-refractivity contribution in [2.75, 3.05) is 19.7 Å². The first-order valence-corrected chi connectivity index (χ1v) is 7.38. The molecule has 0 radical (unpaired) electrons. The summed E-state index contributed by atoms with van der Waals surface area (Å²) in [4.78, 5) is 24.9. The fraction of sp³-hybridized carbons (Fsp3) is 0.500. The van der Waals surface area contributed by atoms with Gasteiger partial charge in [0.15, 0.2) is 0 Å². The summed E-state index contributed by atoms with van der Waals surface area (Å²) in [5.41, 5.74) is 2.14. The Labute approximate surface area is 123 Å². The largest absolute Gasteiger partial charge is 0.493 e. The Morgan fingerprint density at radius 2 is 2.24 bits per heavy atom. The van der Waals surface area contributed by atoms with Gasteiger partial charge in [-0.1, -0.05) is 12.1 Å². The molecule has 2 heterocycles. The van der Waals surface area contributed by atoms with E-state index < -0.39 is 11.9 Å². The maximum Gasteiger partial charge on any atom is 0.308 e. The summed E-state index contributed by atoms with van der Waals surface area (Å²) in [6.07, 6.45) is 2.89. The molecule has 1 aromatic rings. The third kappa shape index (κ3) is 3.01. The van der Waals surface area contributed by atoms with E-state index >= 15 is 0 Å². The topological polar surface area (TPSA) is 66.8 Å². The number of carboxylic acid groups (broad SMARTS) is 1. The molecule has 21 heavy (non-hydrogen) atoms. The van der Waals surface area contributed by atoms with Gasteiger partial charge in [0.1, 0.15) is 5.75 Å². The SMILES string of the molecule is O=C(O)[C@@H]1CCN(C(=O)Cc2ccc3c(c2)CCCO3)C1. The molecule has 1 N–H and O–H groups in total. The molecule has 1 amide bonds. The van der Waals surface area contributed by atoms with E-state index in [1.165, 1.54) is 0 Å². The maximum atomic E-state index is 12.3. The number of carboxylic acids is 1. The highest BCUT2D eigenvalue weighted by atomic mass is 16.5. The van der Waals surface area contributed by atoms with E-state index in [0.717, 1.165) is 36.3 Å². The number of carbonyl (C=O) groups is 2. The molecule has 0 aliphatic carbocycles. The minimum Gasteiger partial charge on any atom is -0.493 e. The Morgan fingerprint density at radius 1 is 1.38 bits per heavy atom. The number of hydrogen-bond donors (Lipinski definition) is 1. The summed E-state index contributed by atoms with van der Waals surface area (Å²) in [5.74, 6) is -0.290. The van der Waals surface area contributed by atoms with Crippen LogP contribution < -0.4 is 4.74 Å². The summed E-state index contributed by atoms with van der Waals surface area (Å²) < 4.78 is 5.56. The van der Waals surface area contributed by atoms with E-state index in [0.29, 0.717) is 25.9 Å². The Morgan fingerprint density at radius 3 is 3.00 bits per heavy atom. The molecular formula is C16H19NO4. The van der Waals surface area contributed by atoms with Gasteiger partial charge in [0, 0.05) is 13.1 Å². The number of carbonyl (C=O) groups excluding carboxylic acids is 1. The molecule has 1 fully saturated rings. The lowest BCUT2D eigenvalue weighted by molar-refractivity contribution is -0.141. The van der Waals surface area contributed by atoms with Crippen molar-refractivity contribution in [1.82, 2.24) is 4.90 Å². The van der Waals surface area contributed by atoms with Crippen molar-refractivity contribution in [3.63, 3.8) is 0 Å². The molecular weight excluding hydrogens is 270 g/mol. The molecule has 0 aromatic heterocycles. The Hall–Kier alpha value is -2.04. The molecule has 0 saturated carbocycles. The van der Waals surface area contributed by atoms with E-state index in [4.69, 9.17) is 9.84 Å². The molecule has 0 unspecified atom stereocenters. The lowest BCUT2D eigenvalue weighted by Gasteiger charge is -2.19. The maximum absolute atomic E-state index is 12.3. The molecule has 1 atom stereocenters. The normalized spacial score (nSPS) is 20.8. The highest BCUT2D eigenvalue weighted by molar-refractivity contribution is 5.80. The van der Waals surface area contributed by atoms with Gasteiger partial charge < -0.3 is 14.7 Å². The van der Waals surface area contributed by atoms with Crippen molar-refractivity contribution in [3.05, 3.63) is 29.3 Å². The van der Waals surface area contributed by atoms with Crippen LogP contribution >= 0.6 is 0 Å². The molecule has 1 aromatic carbocycles. The number of aliphatic carboxylic acids is 1. The van der Waals surface area contributed by atoms with Crippen LogP contribution in [0.15, 0.2) is 18.2 Å². The van der Waals surface area contributed by atoms with Gasteiger partial charge in [-0.2, -0.15) is 0 Å². The molecule has 2 aliphatic rings. The monoisotopic (exact) mass is 289 g/mol. The van der Waals surface area contributed by atoms with Crippen LogP contribution in [-0.4, -0.2) is 41.6 Å². The van der Waals surface area contributed by atoms with E-state index in [-0.39, 0.29) is 5.91 Å². The molecule has 0 bridgehead atoms. The van der Waals surface area contributed by atoms with Gasteiger partial charge in [-0.05, 0) is 36.5 Å². The van der Waals surface area contributed by atoms with Gasteiger partial charge in [-0.3, -0.25) is 9.59 Å². The van der Waals surface area contributed by atoms with Crippen molar-refractivity contribution in [1.29, 1.82) is 0 Å². The first kappa shape index (κ1) is 13.9. The zero-order valence-electron chi connectivity index (χ0n) is 11.9. The second-order valence-corrected chi connectivity index (χ2v) is 5.73. The highest BCUT2D eigenvalue weighted by Gasteiger charge is 2.30. The van der Waals surface area contributed by atoms with Crippen molar-refractivity contribution < 1.29 is 19.4 Å². The number of amides is 1. The first-order valence-electron chi connectivity index (χ1n) is 7.38. The lowest BCUT2D eigenvalue weighted by atomic mass is 10.0. The number of likely N-dealkylation sites (tertiary alicyclic amines) is 1. The van der Waals surface area contributed by atoms with Gasteiger partial charge in [0.2, 0.25) is 5.91 Å². The minimum atomic E-state index is -0.809. The quantitative estimate of drug-likeness (QED) is 0.915. The predicted octanol–water partition coefficient (Wildman–Crippen LogP) is 1.49.